The molecular weight excluding hydrogens is 352 g/mol. The van der Waals surface area contributed by atoms with Gasteiger partial charge >= 0.3 is 5.97 Å². The molecule has 0 spiro atoms. The zero-order chi connectivity index (χ0) is 19.2. The van der Waals surface area contributed by atoms with Gasteiger partial charge in [-0.15, -0.1) is 0 Å². The molecule has 2 aromatic rings. The molecule has 0 unspecified atom stereocenters. The summed E-state index contributed by atoms with van der Waals surface area (Å²) in [6.45, 7) is 1.90. The summed E-state index contributed by atoms with van der Waals surface area (Å²) < 4.78 is 15.9. The van der Waals surface area contributed by atoms with Gasteiger partial charge in [0.2, 0.25) is 5.91 Å². The fourth-order valence-corrected chi connectivity index (χ4v) is 2.43. The second kappa shape index (κ2) is 8.22. The number of nitrogens with one attached hydrogen (secondary N) is 2. The molecule has 27 heavy (non-hydrogen) atoms. The summed E-state index contributed by atoms with van der Waals surface area (Å²) in [7, 11) is 0. The van der Waals surface area contributed by atoms with Crippen LogP contribution >= 0.6 is 0 Å². The van der Waals surface area contributed by atoms with E-state index in [4.69, 9.17) is 14.2 Å². The summed E-state index contributed by atoms with van der Waals surface area (Å²) in [5.41, 5.74) is 1.35. The van der Waals surface area contributed by atoms with Crippen LogP contribution in [0, 0.1) is 0 Å². The maximum Gasteiger partial charge on any atom is 0.338 e. The van der Waals surface area contributed by atoms with Gasteiger partial charge < -0.3 is 24.8 Å². The van der Waals surface area contributed by atoms with Crippen LogP contribution in [-0.2, 0) is 14.3 Å². The monoisotopic (exact) mass is 370 g/mol. The summed E-state index contributed by atoms with van der Waals surface area (Å²) in [4.78, 5) is 35.0. The van der Waals surface area contributed by atoms with Gasteiger partial charge in [0.1, 0.15) is 13.2 Å². The van der Waals surface area contributed by atoms with E-state index in [2.05, 4.69) is 10.6 Å². The van der Waals surface area contributed by atoms with Crippen molar-refractivity contribution in [3.8, 4) is 11.5 Å². The third-order valence-electron chi connectivity index (χ3n) is 3.60. The summed E-state index contributed by atoms with van der Waals surface area (Å²) in [5.74, 6) is -0.151. The molecule has 1 aliphatic rings. The average Bonchev–Trinajstić information content (AvgIpc) is 2.66. The Bertz CT molecular complexity index is 863. The molecule has 1 aliphatic heterocycles. The Balaban J connectivity index is 1.51. The minimum atomic E-state index is -0.637. The molecule has 0 atom stereocenters. The number of ether oxygens (including phenoxy) is 3. The highest BCUT2D eigenvalue weighted by Gasteiger charge is 2.14. The second-order valence-corrected chi connectivity index (χ2v) is 5.74. The normalized spacial score (nSPS) is 12.0. The zero-order valence-electron chi connectivity index (χ0n) is 14.6. The first-order chi connectivity index (χ1) is 13.0. The highest BCUT2D eigenvalue weighted by molar-refractivity contribution is 5.96. The fourth-order valence-electron chi connectivity index (χ4n) is 2.43. The van der Waals surface area contributed by atoms with Gasteiger partial charge in [-0.25, -0.2) is 4.79 Å². The molecule has 0 saturated carbocycles. The first-order valence-electron chi connectivity index (χ1n) is 8.25. The number of carbonyl (C=O) groups excluding carboxylic acids is 3. The van der Waals surface area contributed by atoms with E-state index in [0.29, 0.717) is 36.1 Å². The van der Waals surface area contributed by atoms with Crippen LogP contribution in [0.1, 0.15) is 17.3 Å². The Hall–Kier alpha value is -3.55. The van der Waals surface area contributed by atoms with Crippen LogP contribution in [-0.4, -0.2) is 37.6 Å². The Morgan fingerprint density at radius 1 is 0.926 bits per heavy atom. The number of fused-ring (bicyclic) bond motifs is 1. The third-order valence-corrected chi connectivity index (χ3v) is 3.60. The SMILES string of the molecule is CC(=O)Nc1ccc(C(=O)OCC(=O)Nc2ccc3c(c2)OCCO3)cc1. The molecule has 0 aromatic heterocycles. The number of esters is 1. The number of rotatable bonds is 5. The number of benzene rings is 2. The molecule has 8 heteroatoms. The van der Waals surface area contributed by atoms with Gasteiger partial charge in [0, 0.05) is 24.4 Å². The molecule has 2 aromatic carbocycles. The smallest absolute Gasteiger partial charge is 0.338 e. The molecular formula is C19H18N2O6. The minimum Gasteiger partial charge on any atom is -0.486 e. The predicted molar refractivity (Wildman–Crippen MR) is 97.1 cm³/mol. The summed E-state index contributed by atoms with van der Waals surface area (Å²) >= 11 is 0. The summed E-state index contributed by atoms with van der Waals surface area (Å²) in [5, 5.41) is 5.23. The number of amides is 2. The topological polar surface area (TPSA) is 103 Å². The molecule has 0 bridgehead atoms. The Morgan fingerprint density at radius 3 is 2.30 bits per heavy atom. The van der Waals surface area contributed by atoms with Crippen molar-refractivity contribution in [3.05, 3.63) is 48.0 Å². The van der Waals surface area contributed by atoms with Gasteiger partial charge in [0.05, 0.1) is 5.56 Å². The van der Waals surface area contributed by atoms with Gasteiger partial charge in [0.25, 0.3) is 5.91 Å². The van der Waals surface area contributed by atoms with Gasteiger partial charge in [-0.3, -0.25) is 9.59 Å². The van der Waals surface area contributed by atoms with Crippen LogP contribution in [0.5, 0.6) is 11.5 Å². The van der Waals surface area contributed by atoms with E-state index in [0.717, 1.165) is 0 Å². The number of carbonyl (C=O) groups is 3. The largest absolute Gasteiger partial charge is 0.486 e. The van der Waals surface area contributed by atoms with E-state index in [1.807, 2.05) is 0 Å². The molecule has 8 nitrogen and oxygen atoms in total. The van der Waals surface area contributed by atoms with E-state index in [9.17, 15) is 14.4 Å². The lowest BCUT2D eigenvalue weighted by Gasteiger charge is -2.19. The second-order valence-electron chi connectivity index (χ2n) is 5.74. The molecule has 0 aliphatic carbocycles. The Morgan fingerprint density at radius 2 is 1.59 bits per heavy atom. The molecule has 0 radical (unpaired) electrons. The van der Waals surface area contributed by atoms with Gasteiger partial charge in [-0.05, 0) is 36.4 Å². The Kier molecular flexibility index (Phi) is 5.55. The summed E-state index contributed by atoms with van der Waals surface area (Å²) in [6.07, 6.45) is 0. The first-order valence-corrected chi connectivity index (χ1v) is 8.25. The van der Waals surface area contributed by atoms with E-state index in [1.54, 1.807) is 30.3 Å². The van der Waals surface area contributed by atoms with Crippen LogP contribution in [0.25, 0.3) is 0 Å². The lowest BCUT2D eigenvalue weighted by atomic mass is 10.2. The van der Waals surface area contributed by atoms with Crippen LogP contribution in [0.15, 0.2) is 42.5 Å². The van der Waals surface area contributed by atoms with Crippen molar-refractivity contribution in [2.24, 2.45) is 0 Å². The molecule has 2 amide bonds. The number of hydrogen-bond donors (Lipinski definition) is 2. The van der Waals surface area contributed by atoms with E-state index >= 15 is 0 Å². The van der Waals surface area contributed by atoms with Crippen molar-refractivity contribution in [3.63, 3.8) is 0 Å². The molecule has 0 saturated heterocycles. The van der Waals surface area contributed by atoms with Crippen LogP contribution in [0.3, 0.4) is 0 Å². The molecule has 3 rings (SSSR count). The van der Waals surface area contributed by atoms with Crippen molar-refractivity contribution in [1.29, 1.82) is 0 Å². The van der Waals surface area contributed by atoms with Gasteiger partial charge in [-0.2, -0.15) is 0 Å². The quantitative estimate of drug-likeness (QED) is 0.783. The van der Waals surface area contributed by atoms with Gasteiger partial charge in [0.15, 0.2) is 18.1 Å². The van der Waals surface area contributed by atoms with E-state index < -0.39 is 18.5 Å². The number of anilines is 2. The maximum atomic E-state index is 12.0. The van der Waals surface area contributed by atoms with Crippen LogP contribution in [0.2, 0.25) is 0 Å². The molecule has 0 fully saturated rings. The van der Waals surface area contributed by atoms with Crippen LogP contribution in [0.4, 0.5) is 11.4 Å². The number of hydrogen-bond acceptors (Lipinski definition) is 6. The molecule has 2 N–H and O–H groups in total. The molecule has 140 valence electrons. The van der Waals surface area contributed by atoms with Gasteiger partial charge in [-0.1, -0.05) is 0 Å². The average molecular weight is 370 g/mol. The van der Waals surface area contributed by atoms with Crippen molar-refractivity contribution in [2.45, 2.75) is 6.92 Å². The molecule has 1 heterocycles. The van der Waals surface area contributed by atoms with Crippen LogP contribution < -0.4 is 20.1 Å². The lowest BCUT2D eigenvalue weighted by Crippen LogP contribution is -2.21. The summed E-state index contributed by atoms with van der Waals surface area (Å²) in [6, 6.07) is 11.2. The lowest BCUT2D eigenvalue weighted by molar-refractivity contribution is -0.119. The minimum absolute atomic E-state index is 0.207. The van der Waals surface area contributed by atoms with E-state index in [1.165, 1.54) is 19.1 Å². The van der Waals surface area contributed by atoms with Crippen molar-refractivity contribution >= 4 is 29.2 Å². The Labute approximate surface area is 155 Å². The first kappa shape index (κ1) is 18.2. The van der Waals surface area contributed by atoms with Crippen molar-refractivity contribution in [2.75, 3.05) is 30.5 Å². The van der Waals surface area contributed by atoms with Crippen molar-refractivity contribution < 1.29 is 28.6 Å². The highest BCUT2D eigenvalue weighted by Crippen LogP contribution is 2.32. The standard InChI is InChI=1S/C19H18N2O6/c1-12(22)20-14-4-2-13(3-5-14)19(24)27-11-18(23)21-15-6-7-16-17(10-15)26-9-8-25-16/h2-7,10H,8-9,11H2,1H3,(H,20,22)(H,21,23). The van der Waals surface area contributed by atoms with Crippen molar-refractivity contribution in [1.82, 2.24) is 0 Å². The maximum absolute atomic E-state index is 12.0. The fraction of sp³-hybridized carbons (Fsp3) is 0.211. The third kappa shape index (κ3) is 4.97. The van der Waals surface area contributed by atoms with E-state index in [-0.39, 0.29) is 11.5 Å². The predicted octanol–water partition coefficient (Wildman–Crippen LogP) is 2.21. The zero-order valence-corrected chi connectivity index (χ0v) is 14.6. The highest BCUT2D eigenvalue weighted by atomic mass is 16.6.